The van der Waals surface area contributed by atoms with Gasteiger partial charge in [0.2, 0.25) is 0 Å². The van der Waals surface area contributed by atoms with Crippen molar-refractivity contribution in [3.63, 3.8) is 0 Å². The van der Waals surface area contributed by atoms with Gasteiger partial charge in [-0.3, -0.25) is 4.79 Å². The van der Waals surface area contributed by atoms with Gasteiger partial charge in [-0.2, -0.15) is 0 Å². The van der Waals surface area contributed by atoms with Crippen molar-refractivity contribution >= 4 is 41.7 Å². The lowest BCUT2D eigenvalue weighted by Crippen LogP contribution is -2.58. The molecule has 0 bridgehead atoms. The summed E-state index contributed by atoms with van der Waals surface area (Å²) in [6, 6.07) is 3.40. The summed E-state index contributed by atoms with van der Waals surface area (Å²) < 4.78 is 74.1. The van der Waals surface area contributed by atoms with Crippen LogP contribution >= 0.6 is 0 Å². The third kappa shape index (κ3) is 4.99. The first-order chi connectivity index (χ1) is 17.0. The molecule has 4 rings (SSSR count). The summed E-state index contributed by atoms with van der Waals surface area (Å²) in [7, 11) is -6.38. The lowest BCUT2D eigenvalue weighted by molar-refractivity contribution is 0.0521. The molecule has 1 saturated carbocycles. The minimum atomic E-state index is -4.31. The summed E-state index contributed by atoms with van der Waals surface area (Å²) in [4.78, 5) is 25.1. The van der Waals surface area contributed by atoms with E-state index in [2.05, 4.69) is 44.5 Å². The molecule has 1 fully saturated rings. The molecule has 8 nitrogen and oxygen atoms in total. The van der Waals surface area contributed by atoms with Crippen molar-refractivity contribution in [1.82, 2.24) is 4.31 Å². The van der Waals surface area contributed by atoms with Gasteiger partial charge in [-0.1, -0.05) is 20.8 Å². The molecule has 2 aliphatic rings. The summed E-state index contributed by atoms with van der Waals surface area (Å²) in [5.41, 5.74) is -0.486. The van der Waals surface area contributed by atoms with Gasteiger partial charge in [0.25, 0.3) is 15.9 Å². The molecule has 0 atom stereocenters. The van der Waals surface area contributed by atoms with Crippen molar-refractivity contribution in [2.24, 2.45) is 0 Å². The van der Waals surface area contributed by atoms with Gasteiger partial charge >= 0.3 is 6.03 Å². The van der Waals surface area contributed by atoms with Gasteiger partial charge in [-0.05, 0) is 49.2 Å². The van der Waals surface area contributed by atoms with E-state index in [0.29, 0.717) is 25.0 Å². The van der Waals surface area contributed by atoms with Gasteiger partial charge in [0.05, 0.1) is 11.7 Å². The van der Waals surface area contributed by atoms with Crippen LogP contribution in [0.4, 0.5) is 29.3 Å². The topological polar surface area (TPSA) is 105 Å². The van der Waals surface area contributed by atoms with Gasteiger partial charge in [0.15, 0.2) is 25.8 Å². The average Bonchev–Trinajstić information content (AvgIpc) is 2.74. The maximum Gasteiger partial charge on any atom is 0.336 e. The molecule has 2 aromatic rings. The number of carbonyl (C=O) groups is 2. The molecule has 200 valence electrons. The van der Waals surface area contributed by atoms with Crippen molar-refractivity contribution in [1.29, 1.82) is 0 Å². The van der Waals surface area contributed by atoms with Crippen molar-refractivity contribution in [3.05, 3.63) is 53.3 Å². The van der Waals surface area contributed by atoms with E-state index >= 15 is 0 Å². The lowest BCUT2D eigenvalue weighted by Gasteiger charge is -2.47. The Morgan fingerprint density at radius 2 is 1.70 bits per heavy atom. The van der Waals surface area contributed by atoms with Crippen LogP contribution in [0.5, 0.6) is 0 Å². The summed E-state index contributed by atoms with van der Waals surface area (Å²) in [5, 5.41) is 4.73. The fraction of sp³-hybridized carbons (Fsp3) is 0.417. The van der Waals surface area contributed by atoms with E-state index in [1.165, 1.54) is 12.1 Å². The predicted molar refractivity (Wildman–Crippen MR) is 134 cm³/mol. The Morgan fingerprint density at radius 1 is 1.11 bits per heavy atom. The van der Waals surface area contributed by atoms with Crippen LogP contribution in [0, 0.1) is 17.5 Å². The Labute approximate surface area is 214 Å². The van der Waals surface area contributed by atoms with Crippen LogP contribution < -0.4 is 10.6 Å². The van der Waals surface area contributed by atoms with Gasteiger partial charge in [0.1, 0.15) is 4.90 Å². The number of urea groups is 1. The summed E-state index contributed by atoms with van der Waals surface area (Å²) in [6.45, 7) is 10.5. The van der Waals surface area contributed by atoms with E-state index in [9.17, 15) is 31.2 Å². The first-order valence-electron chi connectivity index (χ1n) is 11.6. The zero-order chi connectivity index (χ0) is 27.5. The van der Waals surface area contributed by atoms with E-state index in [0.717, 1.165) is 10.4 Å². The van der Waals surface area contributed by atoms with Crippen LogP contribution in [0.25, 0.3) is 0 Å². The number of anilines is 2. The van der Waals surface area contributed by atoms with E-state index < -0.39 is 53.8 Å². The minimum absolute atomic E-state index is 0.00469. The number of carbonyl (C=O) groups excluding carboxylic acids is 2. The molecule has 13 heteroatoms. The molecule has 0 aromatic heterocycles. The maximum atomic E-state index is 13.5. The SMILES string of the molecule is CC(C)(C)[Si](C)(C)OC1CC(N2C(=O)Nc3ccc(C(=O)Nc4cc(F)c(F)c(F)c4)cc3S2(=O)=O)C1. The van der Waals surface area contributed by atoms with Gasteiger partial charge in [0, 0.05) is 29.5 Å². The normalized spacial score (nSPS) is 21.1. The molecule has 1 aliphatic heterocycles. The third-order valence-electron chi connectivity index (χ3n) is 7.13. The summed E-state index contributed by atoms with van der Waals surface area (Å²) >= 11 is 0. The lowest BCUT2D eigenvalue weighted by atomic mass is 9.89. The maximum absolute atomic E-state index is 13.5. The molecule has 1 aliphatic carbocycles. The molecule has 0 unspecified atom stereocenters. The zero-order valence-electron chi connectivity index (χ0n) is 21.0. The molecule has 37 heavy (non-hydrogen) atoms. The number of nitrogens with zero attached hydrogens (tertiary/aromatic N) is 1. The number of hydrogen-bond acceptors (Lipinski definition) is 5. The second kappa shape index (κ2) is 9.13. The highest BCUT2D eigenvalue weighted by Gasteiger charge is 2.49. The summed E-state index contributed by atoms with van der Waals surface area (Å²) in [5.74, 6) is -5.53. The third-order valence-corrected chi connectivity index (χ3v) is 13.5. The Kier molecular flexibility index (Phi) is 6.70. The first-order valence-corrected chi connectivity index (χ1v) is 16.0. The highest BCUT2D eigenvalue weighted by Crippen LogP contribution is 2.43. The number of sulfonamides is 1. The van der Waals surface area contributed by atoms with Gasteiger partial charge in [-0.15, -0.1) is 0 Å². The van der Waals surface area contributed by atoms with Crippen LogP contribution in [0.3, 0.4) is 0 Å². The molecule has 0 spiro atoms. The molecule has 3 amide bonds. The molecule has 0 saturated heterocycles. The molecular weight excluding hydrogens is 527 g/mol. The van der Waals surface area contributed by atoms with Gasteiger partial charge in [-0.25, -0.2) is 30.7 Å². The van der Waals surface area contributed by atoms with E-state index in [-0.39, 0.29) is 33.0 Å². The highest BCUT2D eigenvalue weighted by atomic mass is 32.2. The number of nitrogens with one attached hydrogen (secondary N) is 2. The number of rotatable bonds is 5. The van der Waals surface area contributed by atoms with E-state index in [1.54, 1.807) is 0 Å². The molecular formula is C24H28F3N3O5SSi. The molecule has 0 radical (unpaired) electrons. The van der Waals surface area contributed by atoms with Crippen molar-refractivity contribution in [2.45, 2.75) is 68.8 Å². The van der Waals surface area contributed by atoms with Crippen LogP contribution in [0.2, 0.25) is 18.1 Å². The summed E-state index contributed by atoms with van der Waals surface area (Å²) in [6.07, 6.45) is 0.552. The monoisotopic (exact) mass is 555 g/mol. The molecule has 2 aromatic carbocycles. The number of halogens is 3. The smallest absolute Gasteiger partial charge is 0.336 e. The fourth-order valence-corrected chi connectivity index (χ4v) is 7.07. The van der Waals surface area contributed by atoms with E-state index in [1.807, 2.05) is 0 Å². The highest BCUT2D eigenvalue weighted by molar-refractivity contribution is 7.90. The molecule has 2 N–H and O–H groups in total. The van der Waals surface area contributed by atoms with Crippen molar-refractivity contribution in [3.8, 4) is 0 Å². The van der Waals surface area contributed by atoms with Crippen molar-refractivity contribution in [2.75, 3.05) is 10.6 Å². The van der Waals surface area contributed by atoms with Crippen LogP contribution in [-0.4, -0.2) is 45.1 Å². The van der Waals surface area contributed by atoms with Gasteiger partial charge < -0.3 is 15.1 Å². The zero-order valence-corrected chi connectivity index (χ0v) is 22.8. The quantitative estimate of drug-likeness (QED) is 0.377. The minimum Gasteiger partial charge on any atom is -0.414 e. The second-order valence-corrected chi connectivity index (χ2v) is 17.3. The van der Waals surface area contributed by atoms with Crippen LogP contribution in [0.15, 0.2) is 35.2 Å². The van der Waals surface area contributed by atoms with Crippen molar-refractivity contribution < 1.29 is 35.6 Å². The first kappa shape index (κ1) is 27.1. The predicted octanol–water partition coefficient (Wildman–Crippen LogP) is 5.45. The molecule has 1 heterocycles. The van der Waals surface area contributed by atoms with Crippen LogP contribution in [0.1, 0.15) is 44.0 Å². The Morgan fingerprint density at radius 3 is 2.27 bits per heavy atom. The average molecular weight is 556 g/mol. The Balaban J connectivity index is 1.53. The number of hydrogen-bond donors (Lipinski definition) is 2. The number of benzene rings is 2. The Hall–Kier alpha value is -2.90. The fourth-order valence-electron chi connectivity index (χ4n) is 3.98. The standard InChI is InChI=1S/C24H28F3N3O5SSi/c1-24(2,3)37(4,5)35-16-11-15(12-16)30-23(32)29-19-7-6-13(8-20(19)36(30,33)34)22(31)28-14-9-17(25)21(27)18(26)10-14/h6-10,15-16H,11-12H2,1-5H3,(H,28,31)(H,29,32). The van der Waals surface area contributed by atoms with Crippen LogP contribution in [-0.2, 0) is 14.4 Å². The number of amides is 3. The largest absolute Gasteiger partial charge is 0.414 e. The van der Waals surface area contributed by atoms with E-state index in [4.69, 9.17) is 4.43 Å². The Bertz CT molecular complexity index is 1370. The number of fused-ring (bicyclic) bond motifs is 1. The second-order valence-electron chi connectivity index (χ2n) is 10.8.